The molecule has 0 saturated carbocycles. The van der Waals surface area contributed by atoms with Crippen LogP contribution in [0.1, 0.15) is 39.1 Å². The van der Waals surface area contributed by atoms with Gasteiger partial charge in [0.05, 0.1) is 23.5 Å². The quantitative estimate of drug-likeness (QED) is 0.777. The highest BCUT2D eigenvalue weighted by molar-refractivity contribution is 5.95. The van der Waals surface area contributed by atoms with Gasteiger partial charge in [-0.15, -0.1) is 0 Å². The summed E-state index contributed by atoms with van der Waals surface area (Å²) in [7, 11) is 0. The number of carbonyl (C=O) groups is 1. The van der Waals surface area contributed by atoms with E-state index in [1.54, 1.807) is 6.07 Å². The van der Waals surface area contributed by atoms with Crippen LogP contribution in [-0.4, -0.2) is 24.2 Å². The summed E-state index contributed by atoms with van der Waals surface area (Å²) in [5, 5.41) is 6.85. The second-order valence-electron chi connectivity index (χ2n) is 7.37. The van der Waals surface area contributed by atoms with Crippen LogP contribution in [0, 0.1) is 18.8 Å². The predicted molar refractivity (Wildman–Crippen MR) is 102 cm³/mol. The molecule has 5 heteroatoms. The minimum absolute atomic E-state index is 0.0994. The number of benzene rings is 1. The molecule has 0 aliphatic rings. The van der Waals surface area contributed by atoms with E-state index in [1.165, 1.54) is 0 Å². The van der Waals surface area contributed by atoms with Gasteiger partial charge in [-0.2, -0.15) is 0 Å². The standard InChI is InChI=1S/C20H29N3O2/c1-14(2)12-23(13-15(3)4)19-9-7-6-8-18(19)21-20(24)11-17-10-16(5)22-25-17/h6-10,14-15H,11-13H2,1-5H3,(H,21,24). The van der Waals surface area contributed by atoms with Crippen LogP contribution in [0.3, 0.4) is 0 Å². The van der Waals surface area contributed by atoms with Gasteiger partial charge in [-0.05, 0) is 30.9 Å². The van der Waals surface area contributed by atoms with Crippen molar-refractivity contribution in [3.05, 3.63) is 41.8 Å². The van der Waals surface area contributed by atoms with Gasteiger partial charge < -0.3 is 14.7 Å². The molecule has 0 aliphatic heterocycles. The minimum Gasteiger partial charge on any atom is -0.369 e. The highest BCUT2D eigenvalue weighted by Crippen LogP contribution is 2.27. The Kier molecular flexibility index (Phi) is 6.62. The Morgan fingerprint density at radius 1 is 1.16 bits per heavy atom. The van der Waals surface area contributed by atoms with Crippen LogP contribution in [0.5, 0.6) is 0 Å². The third kappa shape index (κ3) is 5.93. The van der Waals surface area contributed by atoms with Gasteiger partial charge in [-0.1, -0.05) is 45.0 Å². The molecule has 0 spiro atoms. The summed E-state index contributed by atoms with van der Waals surface area (Å²) in [5.41, 5.74) is 2.68. The van der Waals surface area contributed by atoms with E-state index >= 15 is 0 Å². The maximum atomic E-state index is 12.4. The lowest BCUT2D eigenvalue weighted by molar-refractivity contribution is -0.115. The van der Waals surface area contributed by atoms with Crippen molar-refractivity contribution in [1.29, 1.82) is 0 Å². The third-order valence-electron chi connectivity index (χ3n) is 3.70. The molecule has 1 aromatic heterocycles. The Bertz CT molecular complexity index is 682. The van der Waals surface area contributed by atoms with E-state index in [-0.39, 0.29) is 12.3 Å². The molecule has 0 unspecified atom stereocenters. The van der Waals surface area contributed by atoms with Crippen LogP contribution in [-0.2, 0) is 11.2 Å². The van der Waals surface area contributed by atoms with Crippen LogP contribution in [0.4, 0.5) is 11.4 Å². The van der Waals surface area contributed by atoms with E-state index < -0.39 is 0 Å². The van der Waals surface area contributed by atoms with Crippen molar-refractivity contribution in [3.63, 3.8) is 0 Å². The maximum Gasteiger partial charge on any atom is 0.232 e. The summed E-state index contributed by atoms with van der Waals surface area (Å²) in [6, 6.07) is 9.76. The largest absolute Gasteiger partial charge is 0.369 e. The Balaban J connectivity index is 2.16. The van der Waals surface area contributed by atoms with Gasteiger partial charge in [0.2, 0.25) is 5.91 Å². The van der Waals surface area contributed by atoms with Crippen LogP contribution in [0.25, 0.3) is 0 Å². The van der Waals surface area contributed by atoms with Gasteiger partial charge in [-0.3, -0.25) is 4.79 Å². The van der Waals surface area contributed by atoms with Gasteiger partial charge in [0.25, 0.3) is 0 Å². The second kappa shape index (κ2) is 8.70. The molecule has 1 aromatic carbocycles. The maximum absolute atomic E-state index is 12.4. The van der Waals surface area contributed by atoms with Crippen LogP contribution in [0.15, 0.2) is 34.9 Å². The highest BCUT2D eigenvalue weighted by Gasteiger charge is 2.16. The Morgan fingerprint density at radius 3 is 2.36 bits per heavy atom. The fraction of sp³-hybridized carbons (Fsp3) is 0.500. The topological polar surface area (TPSA) is 58.4 Å². The summed E-state index contributed by atoms with van der Waals surface area (Å²) < 4.78 is 5.13. The molecule has 1 amide bonds. The van der Waals surface area contributed by atoms with Crippen LogP contribution in [0.2, 0.25) is 0 Å². The molecule has 0 bridgehead atoms. The number of carbonyl (C=O) groups excluding carboxylic acids is 1. The zero-order valence-corrected chi connectivity index (χ0v) is 15.9. The van der Waals surface area contributed by atoms with Gasteiger partial charge in [0.15, 0.2) is 0 Å². The second-order valence-corrected chi connectivity index (χ2v) is 7.37. The summed E-state index contributed by atoms with van der Waals surface area (Å²) in [6.07, 6.45) is 0.184. The van der Waals surface area contributed by atoms with Crippen molar-refractivity contribution in [2.75, 3.05) is 23.3 Å². The Labute approximate surface area is 150 Å². The van der Waals surface area contributed by atoms with Crippen molar-refractivity contribution in [3.8, 4) is 0 Å². The van der Waals surface area contributed by atoms with Crippen molar-refractivity contribution in [2.24, 2.45) is 11.8 Å². The van der Waals surface area contributed by atoms with E-state index in [2.05, 4.69) is 49.1 Å². The lowest BCUT2D eigenvalue weighted by Crippen LogP contribution is -2.32. The lowest BCUT2D eigenvalue weighted by Gasteiger charge is -2.30. The molecular formula is C20H29N3O2. The summed E-state index contributed by atoms with van der Waals surface area (Å²) in [6.45, 7) is 12.6. The molecule has 0 radical (unpaired) electrons. The predicted octanol–water partition coefficient (Wildman–Crippen LogP) is 4.28. The third-order valence-corrected chi connectivity index (χ3v) is 3.70. The number of hydrogen-bond acceptors (Lipinski definition) is 4. The van der Waals surface area contributed by atoms with Gasteiger partial charge in [0.1, 0.15) is 5.76 Å². The number of amides is 1. The number of aromatic nitrogens is 1. The molecule has 25 heavy (non-hydrogen) atoms. The molecule has 1 heterocycles. The number of nitrogens with zero attached hydrogens (tertiary/aromatic N) is 2. The Hall–Kier alpha value is -2.30. The molecule has 2 aromatic rings. The number of rotatable bonds is 8. The lowest BCUT2D eigenvalue weighted by atomic mass is 10.1. The van der Waals surface area contributed by atoms with Crippen molar-refractivity contribution in [2.45, 2.75) is 41.0 Å². The monoisotopic (exact) mass is 343 g/mol. The summed E-state index contributed by atoms with van der Waals surface area (Å²) in [4.78, 5) is 14.7. The molecule has 5 nitrogen and oxygen atoms in total. The summed E-state index contributed by atoms with van der Waals surface area (Å²) in [5.74, 6) is 1.56. The molecule has 0 saturated heterocycles. The SMILES string of the molecule is Cc1cc(CC(=O)Nc2ccccc2N(CC(C)C)CC(C)C)on1. The smallest absolute Gasteiger partial charge is 0.232 e. The van der Waals surface area contributed by atoms with Crippen LogP contribution < -0.4 is 10.2 Å². The molecule has 2 rings (SSSR count). The van der Waals surface area contributed by atoms with Gasteiger partial charge in [-0.25, -0.2) is 0 Å². The van der Waals surface area contributed by atoms with E-state index in [0.29, 0.717) is 17.6 Å². The molecule has 0 atom stereocenters. The molecule has 136 valence electrons. The minimum atomic E-state index is -0.0994. The zero-order chi connectivity index (χ0) is 18.4. The van der Waals surface area contributed by atoms with E-state index in [9.17, 15) is 4.79 Å². The first kappa shape index (κ1) is 19.0. The van der Waals surface area contributed by atoms with Crippen molar-refractivity contribution >= 4 is 17.3 Å². The molecular weight excluding hydrogens is 314 g/mol. The zero-order valence-electron chi connectivity index (χ0n) is 15.9. The number of anilines is 2. The van der Waals surface area contributed by atoms with E-state index in [0.717, 1.165) is 30.2 Å². The van der Waals surface area contributed by atoms with Crippen molar-refractivity contribution in [1.82, 2.24) is 5.16 Å². The van der Waals surface area contributed by atoms with E-state index in [4.69, 9.17) is 4.52 Å². The van der Waals surface area contributed by atoms with E-state index in [1.807, 2.05) is 25.1 Å². The first-order valence-electron chi connectivity index (χ1n) is 8.91. The fourth-order valence-electron chi connectivity index (χ4n) is 2.86. The van der Waals surface area contributed by atoms with Gasteiger partial charge in [0, 0.05) is 19.2 Å². The summed E-state index contributed by atoms with van der Waals surface area (Å²) >= 11 is 0. The molecule has 0 fully saturated rings. The average molecular weight is 343 g/mol. The number of aryl methyl sites for hydroxylation is 1. The van der Waals surface area contributed by atoms with Gasteiger partial charge >= 0.3 is 0 Å². The average Bonchev–Trinajstić information content (AvgIpc) is 2.91. The normalized spacial score (nSPS) is 11.2. The Morgan fingerprint density at radius 2 is 1.80 bits per heavy atom. The fourth-order valence-corrected chi connectivity index (χ4v) is 2.86. The molecule has 0 aliphatic carbocycles. The van der Waals surface area contributed by atoms with Crippen molar-refractivity contribution < 1.29 is 9.32 Å². The van der Waals surface area contributed by atoms with Crippen LogP contribution >= 0.6 is 0 Å². The first-order chi connectivity index (χ1) is 11.8. The number of nitrogens with one attached hydrogen (secondary N) is 1. The number of para-hydroxylation sites is 2. The highest BCUT2D eigenvalue weighted by atomic mass is 16.5. The first-order valence-corrected chi connectivity index (χ1v) is 8.91. The number of hydrogen-bond donors (Lipinski definition) is 1. The molecule has 1 N–H and O–H groups in total.